The summed E-state index contributed by atoms with van der Waals surface area (Å²) < 4.78 is 30.0. The molecule has 2 aromatic rings. The van der Waals surface area contributed by atoms with Crippen LogP contribution in [0.3, 0.4) is 0 Å². The molecule has 2 fully saturated rings. The number of aliphatic hydroxyl groups excluding tert-OH is 1. The van der Waals surface area contributed by atoms with Crippen molar-refractivity contribution in [1.29, 1.82) is 1.43 Å². The quantitative estimate of drug-likeness (QED) is 0.351. The second kappa shape index (κ2) is 14.5. The van der Waals surface area contributed by atoms with E-state index in [1.807, 2.05) is 30.3 Å². The van der Waals surface area contributed by atoms with Gasteiger partial charge in [0.05, 0.1) is 12.2 Å². The number of nitrogens with zero attached hydrogens (tertiary/aromatic N) is 2. The molecule has 2 saturated heterocycles. The molecule has 0 amide bonds. The van der Waals surface area contributed by atoms with E-state index in [-0.39, 0.29) is 18.1 Å². The number of hydrogen-bond donors (Lipinski definition) is 2. The second-order valence-corrected chi connectivity index (χ2v) is 12.9. The topological polar surface area (TPSA) is 114 Å². The van der Waals surface area contributed by atoms with Gasteiger partial charge in [-0.05, 0) is 26.7 Å². The summed E-state index contributed by atoms with van der Waals surface area (Å²) in [5, 5.41) is 3.57. The molecule has 1 aromatic carbocycles. The molecule has 1 aromatic heterocycles. The summed E-state index contributed by atoms with van der Waals surface area (Å²) in [4.78, 5) is 38.8. The summed E-state index contributed by atoms with van der Waals surface area (Å²) in [6, 6.07) is 9.29. The van der Waals surface area contributed by atoms with Crippen molar-refractivity contribution in [3.63, 3.8) is 0 Å². The Balaban J connectivity index is 0.00000127. The van der Waals surface area contributed by atoms with Crippen molar-refractivity contribution in [3.8, 4) is 0 Å². The fraction of sp³-hybridized carbons (Fsp3) is 0.542. The van der Waals surface area contributed by atoms with E-state index in [0.29, 0.717) is 23.3 Å². The SMILES string of the molecule is [2H]C[C@H]1O[C@@H](n2cc(C)c(=O)[nH]c2=O)C[C@H]1OP(SCCSC(=O)c1ccccc1)N1CCCC1.[3H]OC. The first-order valence-electron chi connectivity index (χ1n) is 12.8. The minimum atomic E-state index is -0.980. The maximum Gasteiger partial charge on any atom is 0.330 e. The van der Waals surface area contributed by atoms with Crippen molar-refractivity contribution in [2.24, 2.45) is 0 Å². The van der Waals surface area contributed by atoms with E-state index in [0.717, 1.165) is 31.7 Å². The van der Waals surface area contributed by atoms with E-state index in [1.165, 1.54) is 29.6 Å². The predicted octanol–water partition coefficient (Wildman–Crippen LogP) is 3.78. The maximum absolute atomic E-state index is 12.4. The minimum Gasteiger partial charge on any atom is -0.400 e. The van der Waals surface area contributed by atoms with Crippen LogP contribution in [0.1, 0.15) is 49.7 Å². The van der Waals surface area contributed by atoms with Gasteiger partial charge in [-0.2, -0.15) is 0 Å². The van der Waals surface area contributed by atoms with Gasteiger partial charge in [-0.3, -0.25) is 23.8 Å². The zero-order valence-electron chi connectivity index (χ0n) is 22.5. The van der Waals surface area contributed by atoms with Crippen molar-refractivity contribution in [3.05, 3.63) is 68.5 Å². The van der Waals surface area contributed by atoms with Crippen molar-refractivity contribution in [2.75, 3.05) is 31.7 Å². The summed E-state index contributed by atoms with van der Waals surface area (Å²) in [7, 11) is 0.311. The van der Waals surface area contributed by atoms with Crippen LogP contribution in [0.15, 0.2) is 46.1 Å². The number of aromatic nitrogens is 2. The monoisotopic (exact) mass is 558 g/mol. The van der Waals surface area contributed by atoms with E-state index in [2.05, 4.69) is 14.8 Å². The normalized spacial score (nSPS) is 23.4. The summed E-state index contributed by atoms with van der Waals surface area (Å²) in [6.07, 6.45) is 2.83. The molecule has 12 heteroatoms. The second-order valence-electron chi connectivity index (χ2n) is 8.22. The molecular formula is C24H34N3O6PS2. The number of carbonyl (C=O) groups is 1. The molecule has 3 heterocycles. The van der Waals surface area contributed by atoms with Gasteiger partial charge in [0.1, 0.15) is 6.23 Å². The van der Waals surface area contributed by atoms with Crippen LogP contribution < -0.4 is 11.2 Å². The number of hydrogen-bond acceptors (Lipinski definition) is 9. The van der Waals surface area contributed by atoms with Crippen molar-refractivity contribution >= 4 is 35.8 Å². The first-order valence-corrected chi connectivity index (χ1v) is 15.5. The Labute approximate surface area is 223 Å². The first kappa shape index (κ1) is 26.2. The highest BCUT2D eigenvalue weighted by Crippen LogP contribution is 2.57. The summed E-state index contributed by atoms with van der Waals surface area (Å²) in [5.74, 6) is 1.46. The van der Waals surface area contributed by atoms with Gasteiger partial charge in [-0.15, -0.1) is 0 Å². The van der Waals surface area contributed by atoms with Gasteiger partial charge in [0.25, 0.3) is 5.56 Å². The molecule has 2 aliphatic heterocycles. The molecule has 9 nitrogen and oxygen atoms in total. The Kier molecular flexibility index (Phi) is 10.5. The third kappa shape index (κ3) is 7.77. The number of nitrogens with one attached hydrogen (secondary N) is 1. The molecule has 4 rings (SSSR count). The number of ether oxygens (including phenoxy) is 1. The fourth-order valence-corrected chi connectivity index (χ4v) is 9.18. The number of aromatic amines is 1. The fourth-order valence-electron chi connectivity index (χ4n) is 3.85. The highest BCUT2D eigenvalue weighted by molar-refractivity contribution is 8.53. The molecular weight excluding hydrogens is 521 g/mol. The minimum absolute atomic E-state index is 0.0214. The molecule has 0 saturated carbocycles. The number of benzene rings is 1. The molecule has 198 valence electrons. The lowest BCUT2D eigenvalue weighted by Gasteiger charge is -2.29. The number of carbonyl (C=O) groups excluding carboxylic acids is 1. The molecule has 36 heavy (non-hydrogen) atoms. The van der Waals surface area contributed by atoms with Crippen molar-refractivity contribution < 1.29 is 20.5 Å². The van der Waals surface area contributed by atoms with Crippen LogP contribution in [-0.2, 0) is 9.26 Å². The molecule has 2 aliphatic rings. The summed E-state index contributed by atoms with van der Waals surface area (Å²) in [5.41, 5.74) is 0.205. The Bertz CT molecular complexity index is 1140. The molecule has 0 radical (unpaired) electrons. The van der Waals surface area contributed by atoms with Crippen LogP contribution in [0, 0.1) is 6.92 Å². The first-order chi connectivity index (χ1) is 18.4. The van der Waals surface area contributed by atoms with Gasteiger partial charge in [0, 0.05) is 56.8 Å². The zero-order chi connectivity index (χ0) is 27.5. The molecule has 4 atom stereocenters. The number of H-pyrrole nitrogens is 1. The number of rotatable bonds is 9. The predicted molar refractivity (Wildman–Crippen MR) is 147 cm³/mol. The van der Waals surface area contributed by atoms with Crippen LogP contribution in [0.5, 0.6) is 0 Å². The lowest BCUT2D eigenvalue weighted by molar-refractivity contribution is -0.00577. The summed E-state index contributed by atoms with van der Waals surface area (Å²) >= 11 is 3.04. The Morgan fingerprint density at radius 3 is 2.75 bits per heavy atom. The van der Waals surface area contributed by atoms with E-state index < -0.39 is 31.1 Å². The Morgan fingerprint density at radius 2 is 2.06 bits per heavy atom. The highest BCUT2D eigenvalue weighted by atomic mass is 32.7. The largest absolute Gasteiger partial charge is 0.400 e. The number of thioether (sulfide) groups is 1. The summed E-state index contributed by atoms with van der Waals surface area (Å²) in [6.45, 7) is 3.60. The van der Waals surface area contributed by atoms with Crippen molar-refractivity contribution in [2.45, 2.75) is 51.5 Å². The third-order valence-corrected chi connectivity index (χ3v) is 10.9. The van der Waals surface area contributed by atoms with E-state index in [4.69, 9.17) is 12.1 Å². The van der Waals surface area contributed by atoms with Gasteiger partial charge in [0.2, 0.25) is 6.55 Å². The van der Waals surface area contributed by atoms with Crippen LogP contribution in [0.4, 0.5) is 0 Å². The zero-order valence-corrected chi connectivity index (χ0v) is 23.0. The smallest absolute Gasteiger partial charge is 0.330 e. The molecule has 0 bridgehead atoms. The van der Waals surface area contributed by atoms with Gasteiger partial charge < -0.3 is 14.4 Å². The van der Waals surface area contributed by atoms with E-state index in [1.54, 1.807) is 18.3 Å². The van der Waals surface area contributed by atoms with Gasteiger partial charge in [-0.1, -0.05) is 53.5 Å². The maximum atomic E-state index is 12.4. The Hall–Kier alpha value is -1.46. The standard InChI is InChI=1S/C23H30N3O5PS2.CH4O/c1-16-15-26(23(29)24-21(16)27)20-14-19(17(2)30-20)31-32(25-10-6-7-11-25)34-13-12-33-22(28)18-8-4-3-5-9-18;1-2/h3-5,8-9,15,17,19-20H,6-7,10-14H2,1-2H3,(H,24,27,29);2H,1H3/t17-,19-,20-,32?;/m1./s1/i2D;2T. The third-order valence-electron chi connectivity index (χ3n) is 5.70. The Morgan fingerprint density at radius 1 is 1.33 bits per heavy atom. The van der Waals surface area contributed by atoms with Crippen LogP contribution in [0.25, 0.3) is 0 Å². The lowest BCUT2D eigenvalue weighted by Crippen LogP contribution is -2.33. The highest BCUT2D eigenvalue weighted by Gasteiger charge is 2.38. The average molecular weight is 559 g/mol. The number of aliphatic hydroxyl groups is 1. The molecule has 0 spiro atoms. The van der Waals surface area contributed by atoms with E-state index >= 15 is 0 Å². The molecule has 2 N–H and O–H groups in total. The lowest BCUT2D eigenvalue weighted by atomic mass is 10.2. The van der Waals surface area contributed by atoms with Crippen LogP contribution >= 0.6 is 30.6 Å². The van der Waals surface area contributed by atoms with Gasteiger partial charge >= 0.3 is 5.69 Å². The average Bonchev–Trinajstić information content (AvgIpc) is 3.59. The van der Waals surface area contributed by atoms with Gasteiger partial charge in [0.15, 0.2) is 7.50 Å². The van der Waals surface area contributed by atoms with Crippen LogP contribution in [-0.4, -0.2) is 69.8 Å². The van der Waals surface area contributed by atoms with Crippen LogP contribution in [0.2, 0.25) is 0 Å². The molecule has 1 unspecified atom stereocenters. The van der Waals surface area contributed by atoms with Gasteiger partial charge in [-0.25, -0.2) is 4.79 Å². The molecule has 0 aliphatic carbocycles. The van der Waals surface area contributed by atoms with Crippen molar-refractivity contribution in [1.82, 2.24) is 14.2 Å². The number of aryl methyl sites for hydroxylation is 1. The van der Waals surface area contributed by atoms with E-state index in [9.17, 15) is 14.4 Å².